The topological polar surface area (TPSA) is 94.2 Å². The van der Waals surface area contributed by atoms with Crippen LogP contribution in [-0.2, 0) is 6.42 Å². The summed E-state index contributed by atoms with van der Waals surface area (Å²) in [7, 11) is 1.61. The van der Waals surface area contributed by atoms with Crippen LogP contribution in [0.2, 0.25) is 0 Å². The Morgan fingerprint density at radius 1 is 1.22 bits per heavy atom. The summed E-state index contributed by atoms with van der Waals surface area (Å²) in [5.74, 6) is -0.172. The van der Waals surface area contributed by atoms with Crippen molar-refractivity contribution in [2.24, 2.45) is 0 Å². The Kier molecular flexibility index (Phi) is 5.17. The molecule has 3 aliphatic rings. The van der Waals surface area contributed by atoms with E-state index in [9.17, 15) is 9.59 Å². The van der Waals surface area contributed by atoms with E-state index in [4.69, 9.17) is 0 Å². The van der Waals surface area contributed by atoms with Crippen molar-refractivity contribution in [3.63, 3.8) is 0 Å². The lowest BCUT2D eigenvalue weighted by molar-refractivity contribution is -0.0342. The van der Waals surface area contributed by atoms with E-state index in [1.165, 1.54) is 6.42 Å². The average Bonchev–Trinajstić information content (AvgIpc) is 2.82. The number of aromatic nitrogens is 3. The Labute approximate surface area is 186 Å². The Balaban J connectivity index is 1.31. The van der Waals surface area contributed by atoms with Crippen LogP contribution in [0.1, 0.15) is 47.9 Å². The molecule has 32 heavy (non-hydrogen) atoms. The number of hydrogen-bond donors (Lipinski definition) is 2. The van der Waals surface area contributed by atoms with E-state index in [1.54, 1.807) is 19.3 Å². The van der Waals surface area contributed by atoms with E-state index >= 15 is 0 Å². The summed E-state index contributed by atoms with van der Waals surface area (Å²) < 4.78 is 0. The number of aryl methyl sites for hydroxylation is 1. The van der Waals surface area contributed by atoms with E-state index in [1.807, 2.05) is 25.3 Å². The highest BCUT2D eigenvalue weighted by atomic mass is 16.1. The molecular weight excluding hydrogens is 404 g/mol. The Morgan fingerprint density at radius 2 is 2.00 bits per heavy atom. The number of nitrogens with one attached hydrogen (secondary N) is 2. The molecular formula is C24H28N6O2. The number of fused-ring (bicyclic) bond motifs is 3. The van der Waals surface area contributed by atoms with Crippen LogP contribution < -0.4 is 15.8 Å². The number of piperidine rings is 1. The van der Waals surface area contributed by atoms with Crippen LogP contribution in [0.4, 0.5) is 5.69 Å². The van der Waals surface area contributed by atoms with Crippen LogP contribution in [-0.4, -0.2) is 58.0 Å². The number of rotatable bonds is 5. The van der Waals surface area contributed by atoms with Crippen LogP contribution >= 0.6 is 0 Å². The number of carbonyl (C=O) groups excluding carboxylic acids is 1. The fourth-order valence-corrected chi connectivity index (χ4v) is 5.12. The van der Waals surface area contributed by atoms with Gasteiger partial charge >= 0.3 is 0 Å². The molecule has 3 aromatic rings. The molecule has 0 radical (unpaired) electrons. The highest BCUT2D eigenvalue weighted by molar-refractivity contribution is 5.92. The molecule has 0 spiro atoms. The Bertz CT molecular complexity index is 1210. The van der Waals surface area contributed by atoms with Crippen molar-refractivity contribution < 1.29 is 4.79 Å². The van der Waals surface area contributed by atoms with Crippen molar-refractivity contribution in [1.29, 1.82) is 0 Å². The zero-order valence-corrected chi connectivity index (χ0v) is 18.6. The maximum absolute atomic E-state index is 12.2. The molecule has 3 unspecified atom stereocenters. The molecule has 6 rings (SSSR count). The van der Waals surface area contributed by atoms with Gasteiger partial charge in [-0.2, -0.15) is 0 Å². The summed E-state index contributed by atoms with van der Waals surface area (Å²) in [6.07, 6.45) is 5.61. The van der Waals surface area contributed by atoms with Crippen molar-refractivity contribution in [3.05, 3.63) is 63.8 Å². The van der Waals surface area contributed by atoms with Crippen molar-refractivity contribution in [3.8, 4) is 0 Å². The Hall–Kier alpha value is -3.26. The molecule has 8 nitrogen and oxygen atoms in total. The molecule has 0 saturated carbocycles. The number of nitrogens with zero attached hydrogens (tertiary/aromatic N) is 4. The van der Waals surface area contributed by atoms with Gasteiger partial charge in [-0.05, 0) is 49.6 Å². The zero-order chi connectivity index (χ0) is 22.4. The van der Waals surface area contributed by atoms with Crippen LogP contribution in [0.15, 0.2) is 41.5 Å². The van der Waals surface area contributed by atoms with Crippen molar-refractivity contribution in [2.45, 2.75) is 44.8 Å². The largest absolute Gasteiger partial charge is 0.367 e. The number of pyridine rings is 3. The van der Waals surface area contributed by atoms with Crippen LogP contribution in [0.25, 0.3) is 11.0 Å². The second-order valence-corrected chi connectivity index (χ2v) is 8.73. The number of amides is 1. The molecule has 0 aromatic carbocycles. The number of anilines is 1. The zero-order valence-electron chi connectivity index (χ0n) is 18.6. The minimum absolute atomic E-state index is 0.0286. The predicted octanol–water partition coefficient (Wildman–Crippen LogP) is 2.26. The quantitative estimate of drug-likeness (QED) is 0.642. The van der Waals surface area contributed by atoms with Gasteiger partial charge in [-0.25, -0.2) is 4.98 Å². The first-order valence-corrected chi connectivity index (χ1v) is 11.2. The summed E-state index contributed by atoms with van der Waals surface area (Å²) >= 11 is 0. The van der Waals surface area contributed by atoms with Gasteiger partial charge < -0.3 is 15.2 Å². The number of carbonyl (C=O) groups is 1. The minimum Gasteiger partial charge on any atom is -0.367 e. The number of hydrogen-bond acceptors (Lipinski definition) is 6. The monoisotopic (exact) mass is 432 g/mol. The van der Waals surface area contributed by atoms with E-state index in [0.717, 1.165) is 40.9 Å². The lowest BCUT2D eigenvalue weighted by Crippen LogP contribution is -2.69. The van der Waals surface area contributed by atoms with Gasteiger partial charge in [0.2, 0.25) is 0 Å². The molecule has 3 atom stereocenters. The normalized spacial score (nSPS) is 21.3. The third-order valence-corrected chi connectivity index (χ3v) is 6.92. The molecule has 6 heterocycles. The summed E-state index contributed by atoms with van der Waals surface area (Å²) in [6, 6.07) is 8.86. The number of aromatic amines is 1. The van der Waals surface area contributed by atoms with Crippen LogP contribution in [0.5, 0.6) is 0 Å². The molecule has 3 saturated heterocycles. The van der Waals surface area contributed by atoms with Crippen LogP contribution in [0.3, 0.4) is 0 Å². The fraction of sp³-hybridized carbons (Fsp3) is 0.417. The van der Waals surface area contributed by atoms with Crippen molar-refractivity contribution >= 4 is 22.6 Å². The second-order valence-electron chi connectivity index (χ2n) is 8.73. The van der Waals surface area contributed by atoms with Gasteiger partial charge in [0.05, 0.1) is 22.9 Å². The van der Waals surface area contributed by atoms with Gasteiger partial charge in [0.25, 0.3) is 11.5 Å². The maximum atomic E-state index is 12.2. The van der Waals surface area contributed by atoms with Gasteiger partial charge in [-0.15, -0.1) is 0 Å². The van der Waals surface area contributed by atoms with Crippen LogP contribution in [0, 0.1) is 0 Å². The van der Waals surface area contributed by atoms with Crippen molar-refractivity contribution in [2.75, 3.05) is 25.0 Å². The summed E-state index contributed by atoms with van der Waals surface area (Å²) in [4.78, 5) is 40.8. The highest BCUT2D eigenvalue weighted by Gasteiger charge is 2.47. The lowest BCUT2D eigenvalue weighted by atomic mass is 9.84. The van der Waals surface area contributed by atoms with E-state index in [2.05, 4.69) is 43.1 Å². The Morgan fingerprint density at radius 3 is 2.66 bits per heavy atom. The first-order valence-electron chi connectivity index (χ1n) is 11.2. The third-order valence-electron chi connectivity index (χ3n) is 6.92. The first-order chi connectivity index (χ1) is 15.5. The molecule has 3 aliphatic heterocycles. The molecule has 3 fully saturated rings. The van der Waals surface area contributed by atoms with E-state index in [-0.39, 0.29) is 17.5 Å². The van der Waals surface area contributed by atoms with Gasteiger partial charge in [-0.1, -0.05) is 6.92 Å². The first kappa shape index (κ1) is 20.6. The molecule has 8 heteroatoms. The molecule has 0 aliphatic carbocycles. The summed E-state index contributed by atoms with van der Waals surface area (Å²) in [6.45, 7) is 6.06. The van der Waals surface area contributed by atoms with Gasteiger partial charge in [-0.3, -0.25) is 19.5 Å². The fourth-order valence-electron chi connectivity index (χ4n) is 5.12. The second kappa shape index (κ2) is 8.02. The number of piperazine rings is 1. The van der Waals surface area contributed by atoms with Gasteiger partial charge in [0.1, 0.15) is 5.69 Å². The SMILES string of the molecule is CCc1cc2ncc(C(C)N3C4CC3CN(c3ccc(C(=O)NC)nc3)C4)cc2[nH]c1=O. The highest BCUT2D eigenvalue weighted by Crippen LogP contribution is 2.40. The maximum Gasteiger partial charge on any atom is 0.269 e. The molecule has 2 N–H and O–H groups in total. The molecule has 2 bridgehead atoms. The summed E-state index contributed by atoms with van der Waals surface area (Å²) in [5, 5.41) is 2.60. The smallest absolute Gasteiger partial charge is 0.269 e. The van der Waals surface area contributed by atoms with E-state index in [0.29, 0.717) is 24.2 Å². The standard InChI is InChI=1S/C24H28N6O2/c1-4-15-7-21-22(28-23(15)31)8-16(10-26-21)14(2)30-18-9-19(30)13-29(12-18)17-5-6-20(27-11-17)24(32)25-3/h5-8,10-11,14,18-19H,4,9,12-13H2,1-3H3,(H,25,32)(H,28,31). The average molecular weight is 433 g/mol. The minimum atomic E-state index is -0.172. The lowest BCUT2D eigenvalue weighted by Gasteiger charge is -2.59. The molecule has 1 amide bonds. The van der Waals surface area contributed by atoms with Gasteiger partial charge in [0.15, 0.2) is 0 Å². The molecule has 166 valence electrons. The molecule has 3 aromatic heterocycles. The van der Waals surface area contributed by atoms with E-state index < -0.39 is 0 Å². The number of H-pyrrole nitrogens is 1. The van der Waals surface area contributed by atoms with Crippen molar-refractivity contribution in [1.82, 2.24) is 25.2 Å². The summed E-state index contributed by atoms with van der Waals surface area (Å²) in [5.41, 5.74) is 4.97. The third kappa shape index (κ3) is 3.44. The van der Waals surface area contributed by atoms with Gasteiger partial charge in [0, 0.05) is 50.0 Å². The predicted molar refractivity (Wildman–Crippen MR) is 124 cm³/mol.